The molecule has 0 aliphatic rings. The molecule has 1 heterocycles. The smallest absolute Gasteiger partial charge is 0.416 e. The van der Waals surface area contributed by atoms with Crippen LogP contribution in [0.5, 0.6) is 0 Å². The van der Waals surface area contributed by atoms with Crippen LogP contribution in [0.3, 0.4) is 0 Å². The molecule has 0 spiro atoms. The summed E-state index contributed by atoms with van der Waals surface area (Å²) in [6, 6.07) is 14.7. The van der Waals surface area contributed by atoms with Crippen molar-refractivity contribution in [3.63, 3.8) is 0 Å². The summed E-state index contributed by atoms with van der Waals surface area (Å²) in [7, 11) is 0. The number of alkyl halides is 3. The summed E-state index contributed by atoms with van der Waals surface area (Å²) in [5.41, 5.74) is 5.68. The molecule has 4 aromatic rings. The molecule has 3 aromatic carbocycles. The molecule has 5 N–H and O–H groups in total. The fourth-order valence-electron chi connectivity index (χ4n) is 3.44. The maximum atomic E-state index is 12.9. The molecule has 0 fully saturated rings. The molecular formula is C24H16F3N3O4. The first-order valence-electron chi connectivity index (χ1n) is 9.81. The Hall–Kier alpha value is -4.60. The Bertz CT molecular complexity index is 1440. The molecule has 0 bridgehead atoms. The molecule has 4 rings (SSSR count). The molecule has 0 saturated heterocycles. The number of nitrogens with two attached hydrogens (primary N) is 1. The zero-order valence-corrected chi connectivity index (χ0v) is 17.2. The third-order valence-corrected chi connectivity index (χ3v) is 5.14. The van der Waals surface area contributed by atoms with E-state index in [1.165, 1.54) is 42.5 Å². The van der Waals surface area contributed by atoms with Gasteiger partial charge in [-0.2, -0.15) is 13.2 Å². The summed E-state index contributed by atoms with van der Waals surface area (Å²) < 4.78 is 38.8. The molecule has 0 unspecified atom stereocenters. The van der Waals surface area contributed by atoms with Crippen LogP contribution in [0.4, 0.5) is 19.0 Å². The quantitative estimate of drug-likeness (QED) is 0.333. The molecule has 1 aromatic heterocycles. The SMILES string of the molecule is NC(=O)c1ccc(-c2cc(C(=O)O)cc(C(=O)Nc3cc4ccc(C(F)(F)F)cc4[nH]3)c2)cc1. The average Bonchev–Trinajstić information content (AvgIpc) is 3.19. The van der Waals surface area contributed by atoms with Crippen molar-refractivity contribution in [2.75, 3.05) is 5.32 Å². The monoisotopic (exact) mass is 467 g/mol. The van der Waals surface area contributed by atoms with Gasteiger partial charge in [-0.05, 0) is 59.7 Å². The van der Waals surface area contributed by atoms with E-state index in [9.17, 15) is 32.7 Å². The molecule has 0 atom stereocenters. The number of amides is 2. The highest BCUT2D eigenvalue weighted by Crippen LogP contribution is 2.32. The van der Waals surface area contributed by atoms with Crippen molar-refractivity contribution < 1.29 is 32.7 Å². The lowest BCUT2D eigenvalue weighted by molar-refractivity contribution is -0.137. The third kappa shape index (κ3) is 4.60. The van der Waals surface area contributed by atoms with Crippen LogP contribution in [0.1, 0.15) is 36.6 Å². The number of halogens is 3. The van der Waals surface area contributed by atoms with Gasteiger partial charge in [-0.25, -0.2) is 4.79 Å². The summed E-state index contributed by atoms with van der Waals surface area (Å²) in [6.07, 6.45) is -4.51. The minimum absolute atomic E-state index is 0.0171. The van der Waals surface area contributed by atoms with Gasteiger partial charge in [-0.15, -0.1) is 0 Å². The van der Waals surface area contributed by atoms with E-state index in [0.717, 1.165) is 12.1 Å². The van der Waals surface area contributed by atoms with Crippen molar-refractivity contribution in [1.29, 1.82) is 0 Å². The lowest BCUT2D eigenvalue weighted by Gasteiger charge is -2.09. The number of fused-ring (bicyclic) bond motifs is 1. The lowest BCUT2D eigenvalue weighted by Crippen LogP contribution is -2.13. The molecule has 10 heteroatoms. The summed E-state index contributed by atoms with van der Waals surface area (Å²) in [5.74, 6) is -2.39. The highest BCUT2D eigenvalue weighted by Gasteiger charge is 2.30. The number of aromatic nitrogens is 1. The molecule has 0 aliphatic carbocycles. The van der Waals surface area contributed by atoms with Gasteiger partial charge in [-0.1, -0.05) is 18.2 Å². The fraction of sp³-hybridized carbons (Fsp3) is 0.0417. The van der Waals surface area contributed by atoms with Crippen molar-refractivity contribution in [2.45, 2.75) is 6.18 Å². The minimum atomic E-state index is -4.51. The number of carbonyl (C=O) groups is 3. The van der Waals surface area contributed by atoms with E-state index in [4.69, 9.17) is 5.73 Å². The zero-order chi connectivity index (χ0) is 24.6. The number of aromatic amines is 1. The maximum absolute atomic E-state index is 12.9. The Morgan fingerprint density at radius 2 is 1.50 bits per heavy atom. The van der Waals surface area contributed by atoms with E-state index in [1.54, 1.807) is 12.1 Å². The van der Waals surface area contributed by atoms with Crippen molar-refractivity contribution >= 4 is 34.5 Å². The zero-order valence-electron chi connectivity index (χ0n) is 17.2. The van der Waals surface area contributed by atoms with Gasteiger partial charge in [0.1, 0.15) is 5.82 Å². The second-order valence-electron chi connectivity index (χ2n) is 7.48. The Kier molecular flexibility index (Phi) is 5.58. The van der Waals surface area contributed by atoms with Crippen molar-refractivity contribution in [3.05, 3.63) is 89.0 Å². The number of rotatable bonds is 5. The molecule has 172 valence electrons. The fourth-order valence-corrected chi connectivity index (χ4v) is 3.44. The number of hydrogen-bond donors (Lipinski definition) is 4. The van der Waals surface area contributed by atoms with E-state index in [0.29, 0.717) is 16.5 Å². The summed E-state index contributed by atoms with van der Waals surface area (Å²) in [5, 5.41) is 12.5. The number of benzene rings is 3. The molecule has 0 saturated carbocycles. The number of nitrogens with one attached hydrogen (secondary N) is 2. The topological polar surface area (TPSA) is 125 Å². The van der Waals surface area contributed by atoms with E-state index in [1.807, 2.05) is 0 Å². The number of primary amides is 1. The van der Waals surface area contributed by atoms with Gasteiger partial charge in [0, 0.05) is 22.0 Å². The number of anilines is 1. The molecule has 34 heavy (non-hydrogen) atoms. The van der Waals surface area contributed by atoms with Crippen LogP contribution in [0, 0.1) is 0 Å². The van der Waals surface area contributed by atoms with Gasteiger partial charge < -0.3 is 21.1 Å². The van der Waals surface area contributed by atoms with Crippen LogP contribution in [0.2, 0.25) is 0 Å². The first-order chi connectivity index (χ1) is 16.0. The van der Waals surface area contributed by atoms with Crippen LogP contribution < -0.4 is 11.1 Å². The van der Waals surface area contributed by atoms with E-state index >= 15 is 0 Å². The summed E-state index contributed by atoms with van der Waals surface area (Å²) in [6.45, 7) is 0. The molecule has 0 radical (unpaired) electrons. The van der Waals surface area contributed by atoms with Gasteiger partial charge in [0.2, 0.25) is 5.91 Å². The van der Waals surface area contributed by atoms with Gasteiger partial charge in [0.25, 0.3) is 5.91 Å². The second kappa shape index (κ2) is 8.39. The number of hydrogen-bond acceptors (Lipinski definition) is 3. The summed E-state index contributed by atoms with van der Waals surface area (Å²) >= 11 is 0. The second-order valence-corrected chi connectivity index (χ2v) is 7.48. The van der Waals surface area contributed by atoms with Gasteiger partial charge >= 0.3 is 12.1 Å². The first kappa shape index (κ1) is 22.6. The van der Waals surface area contributed by atoms with Gasteiger partial charge in [-0.3, -0.25) is 9.59 Å². The third-order valence-electron chi connectivity index (χ3n) is 5.14. The number of carboxylic acids is 1. The van der Waals surface area contributed by atoms with Crippen molar-refractivity contribution in [1.82, 2.24) is 4.98 Å². The minimum Gasteiger partial charge on any atom is -0.478 e. The van der Waals surface area contributed by atoms with E-state index in [2.05, 4.69) is 10.3 Å². The molecular weight excluding hydrogens is 451 g/mol. The van der Waals surface area contributed by atoms with Crippen LogP contribution in [0.15, 0.2) is 66.7 Å². The van der Waals surface area contributed by atoms with Crippen molar-refractivity contribution in [3.8, 4) is 11.1 Å². The average molecular weight is 467 g/mol. The van der Waals surface area contributed by atoms with Crippen LogP contribution in [-0.4, -0.2) is 27.9 Å². The lowest BCUT2D eigenvalue weighted by atomic mass is 9.98. The Morgan fingerprint density at radius 3 is 2.12 bits per heavy atom. The van der Waals surface area contributed by atoms with E-state index in [-0.39, 0.29) is 28.0 Å². The predicted molar refractivity (Wildman–Crippen MR) is 119 cm³/mol. The molecule has 0 aliphatic heterocycles. The van der Waals surface area contributed by atoms with Crippen molar-refractivity contribution in [2.24, 2.45) is 5.73 Å². The first-order valence-corrected chi connectivity index (χ1v) is 9.81. The number of aromatic carboxylic acids is 1. The molecule has 2 amide bonds. The highest BCUT2D eigenvalue weighted by atomic mass is 19.4. The predicted octanol–water partition coefficient (Wildman–Crippen LogP) is 4.90. The summed E-state index contributed by atoms with van der Waals surface area (Å²) in [4.78, 5) is 38.4. The van der Waals surface area contributed by atoms with E-state index < -0.39 is 29.5 Å². The number of carbonyl (C=O) groups excluding carboxylic acids is 2. The van der Waals surface area contributed by atoms with Crippen LogP contribution in [0.25, 0.3) is 22.0 Å². The Balaban J connectivity index is 1.66. The number of H-pyrrole nitrogens is 1. The van der Waals surface area contributed by atoms with Crippen LogP contribution >= 0.6 is 0 Å². The van der Waals surface area contributed by atoms with Gasteiger partial charge in [0.05, 0.1) is 11.1 Å². The van der Waals surface area contributed by atoms with Gasteiger partial charge in [0.15, 0.2) is 0 Å². The maximum Gasteiger partial charge on any atom is 0.416 e. The molecule has 7 nitrogen and oxygen atoms in total. The standard InChI is InChI=1S/C24H16F3N3O4/c25-24(26,27)18-6-5-14-10-20(29-19(14)11-18)30-22(32)16-7-15(8-17(9-16)23(33)34)12-1-3-13(4-2-12)21(28)31/h1-11,29H,(H2,28,31)(H,30,32)(H,33,34). The number of carboxylic acid groups (broad SMARTS) is 1. The van der Waals surface area contributed by atoms with Crippen LogP contribution in [-0.2, 0) is 6.18 Å². The normalized spacial score (nSPS) is 11.4. The highest BCUT2D eigenvalue weighted by molar-refractivity contribution is 6.07. The Labute approximate surface area is 190 Å². The largest absolute Gasteiger partial charge is 0.478 e. The Morgan fingerprint density at radius 1 is 0.824 bits per heavy atom.